The highest BCUT2D eigenvalue weighted by Crippen LogP contribution is 2.19. The molecule has 0 aliphatic carbocycles. The summed E-state index contributed by atoms with van der Waals surface area (Å²) >= 11 is 0. The van der Waals surface area contributed by atoms with E-state index in [1.807, 2.05) is 19.1 Å². The van der Waals surface area contributed by atoms with Gasteiger partial charge in [0.05, 0.1) is 13.6 Å². The first-order chi connectivity index (χ1) is 9.51. The van der Waals surface area contributed by atoms with Crippen molar-refractivity contribution >= 4 is 7.85 Å². The standard InChI is InChI=1S/C15H28BN3O/c1-4-7-9-11(8-5-2)20-15(19)12(6-3)14(18)13(16)10-17/h5-6,8,13-15H,2,4,7,9-10,17-19H2,1,3H3/b11-8+,12-6+/t13?,14?,15-/m1/s1. The summed E-state index contributed by atoms with van der Waals surface area (Å²) in [5.74, 6) is 0.473. The lowest BCUT2D eigenvalue weighted by Crippen LogP contribution is -2.41. The SMILES string of the molecule is [B]C(CN)C(N)/C(=C\C)[C@H](N)O/C(=C/C=C)CCCC. The summed E-state index contributed by atoms with van der Waals surface area (Å²) in [4.78, 5) is 0. The highest BCUT2D eigenvalue weighted by molar-refractivity contribution is 6.12. The van der Waals surface area contributed by atoms with E-state index in [4.69, 9.17) is 29.8 Å². The first-order valence-corrected chi connectivity index (χ1v) is 7.12. The smallest absolute Gasteiger partial charge is 0.170 e. The molecule has 0 fully saturated rings. The summed E-state index contributed by atoms with van der Waals surface area (Å²) in [6.07, 6.45) is 7.69. The highest BCUT2D eigenvalue weighted by Gasteiger charge is 2.22. The Bertz CT molecular complexity index is 342. The van der Waals surface area contributed by atoms with Crippen molar-refractivity contribution in [3.05, 3.63) is 36.1 Å². The van der Waals surface area contributed by atoms with E-state index in [0.29, 0.717) is 6.54 Å². The Morgan fingerprint density at radius 3 is 2.50 bits per heavy atom. The molecule has 6 N–H and O–H groups in total. The zero-order valence-corrected chi connectivity index (χ0v) is 12.7. The predicted octanol–water partition coefficient (Wildman–Crippen LogP) is 1.74. The molecule has 2 radical (unpaired) electrons. The molecule has 0 aliphatic rings. The van der Waals surface area contributed by atoms with Crippen LogP contribution in [0.4, 0.5) is 0 Å². The van der Waals surface area contributed by atoms with Gasteiger partial charge in [-0.25, -0.2) is 0 Å². The number of hydrogen-bond donors (Lipinski definition) is 3. The first kappa shape index (κ1) is 19.0. The van der Waals surface area contributed by atoms with Gasteiger partial charge in [0.2, 0.25) is 0 Å². The third kappa shape index (κ3) is 6.41. The van der Waals surface area contributed by atoms with Gasteiger partial charge < -0.3 is 16.2 Å². The van der Waals surface area contributed by atoms with Crippen LogP contribution in [0.2, 0.25) is 5.82 Å². The molecule has 0 aliphatic heterocycles. The van der Waals surface area contributed by atoms with Crippen molar-refractivity contribution < 1.29 is 4.74 Å². The van der Waals surface area contributed by atoms with Gasteiger partial charge >= 0.3 is 0 Å². The van der Waals surface area contributed by atoms with Crippen LogP contribution in [0.25, 0.3) is 0 Å². The van der Waals surface area contributed by atoms with Gasteiger partial charge in [-0.15, -0.1) is 0 Å². The maximum absolute atomic E-state index is 6.08. The van der Waals surface area contributed by atoms with Crippen LogP contribution in [0.5, 0.6) is 0 Å². The number of hydrogen-bond acceptors (Lipinski definition) is 4. The molecule has 4 nitrogen and oxygen atoms in total. The minimum atomic E-state index is -0.615. The topological polar surface area (TPSA) is 87.3 Å². The van der Waals surface area contributed by atoms with E-state index < -0.39 is 12.3 Å². The van der Waals surface area contributed by atoms with E-state index in [1.54, 1.807) is 6.08 Å². The Balaban J connectivity index is 4.79. The van der Waals surface area contributed by atoms with Crippen LogP contribution in [-0.2, 0) is 4.74 Å². The van der Waals surface area contributed by atoms with Gasteiger partial charge in [0, 0.05) is 12.5 Å². The summed E-state index contributed by atoms with van der Waals surface area (Å²) in [6, 6.07) is -0.406. The number of nitrogens with two attached hydrogens (primary N) is 3. The Labute approximate surface area is 124 Å². The quantitative estimate of drug-likeness (QED) is 0.187. The molecule has 0 aromatic heterocycles. The van der Waals surface area contributed by atoms with Crippen LogP contribution >= 0.6 is 0 Å². The zero-order valence-electron chi connectivity index (χ0n) is 12.7. The van der Waals surface area contributed by atoms with Crippen LogP contribution in [0, 0.1) is 0 Å². The molecule has 0 aromatic rings. The second kappa shape index (κ2) is 10.7. The largest absolute Gasteiger partial charge is 0.476 e. The van der Waals surface area contributed by atoms with Crippen molar-refractivity contribution in [1.82, 2.24) is 0 Å². The van der Waals surface area contributed by atoms with Gasteiger partial charge in [0.15, 0.2) is 6.23 Å². The van der Waals surface area contributed by atoms with Gasteiger partial charge in [-0.3, -0.25) is 5.73 Å². The molecule has 0 spiro atoms. The monoisotopic (exact) mass is 277 g/mol. The number of unbranched alkanes of at least 4 members (excludes halogenated alkanes) is 1. The summed E-state index contributed by atoms with van der Waals surface area (Å²) in [5, 5.41) is 0. The highest BCUT2D eigenvalue weighted by atomic mass is 16.5. The molecule has 5 heteroatoms. The molecule has 20 heavy (non-hydrogen) atoms. The van der Waals surface area contributed by atoms with E-state index >= 15 is 0 Å². The Morgan fingerprint density at radius 1 is 1.40 bits per heavy atom. The van der Waals surface area contributed by atoms with Crippen LogP contribution in [0.3, 0.4) is 0 Å². The predicted molar refractivity (Wildman–Crippen MR) is 87.2 cm³/mol. The van der Waals surface area contributed by atoms with Crippen molar-refractivity contribution in [3.8, 4) is 0 Å². The third-order valence-corrected chi connectivity index (χ3v) is 3.14. The van der Waals surface area contributed by atoms with Crippen LogP contribution in [0.15, 0.2) is 36.1 Å². The molecule has 0 saturated heterocycles. The molecule has 0 saturated carbocycles. The lowest BCUT2D eigenvalue weighted by atomic mass is 9.77. The third-order valence-electron chi connectivity index (χ3n) is 3.14. The molecule has 0 bridgehead atoms. The Hall–Kier alpha value is -1.04. The minimum Gasteiger partial charge on any atom is -0.476 e. The molecule has 112 valence electrons. The molecular weight excluding hydrogens is 249 g/mol. The minimum absolute atomic E-state index is 0.302. The van der Waals surface area contributed by atoms with Gasteiger partial charge in [0.25, 0.3) is 0 Å². The summed E-state index contributed by atoms with van der Waals surface area (Å²) in [6.45, 7) is 7.98. The van der Waals surface area contributed by atoms with Gasteiger partial charge in [-0.1, -0.05) is 32.1 Å². The van der Waals surface area contributed by atoms with E-state index in [-0.39, 0.29) is 5.82 Å². The number of allylic oxidation sites excluding steroid dienone is 4. The van der Waals surface area contributed by atoms with Gasteiger partial charge in [-0.05, 0) is 37.4 Å². The first-order valence-electron chi connectivity index (χ1n) is 7.12. The van der Waals surface area contributed by atoms with E-state index in [0.717, 1.165) is 30.6 Å². The lowest BCUT2D eigenvalue weighted by Gasteiger charge is -2.27. The molecule has 0 heterocycles. The summed E-state index contributed by atoms with van der Waals surface area (Å²) in [5.41, 5.74) is 18.4. The van der Waals surface area contributed by atoms with Crippen molar-refractivity contribution in [2.75, 3.05) is 6.54 Å². The maximum Gasteiger partial charge on any atom is 0.170 e. The number of ether oxygens (including phenoxy) is 1. The summed E-state index contributed by atoms with van der Waals surface area (Å²) in [7, 11) is 5.87. The summed E-state index contributed by atoms with van der Waals surface area (Å²) < 4.78 is 5.78. The van der Waals surface area contributed by atoms with Crippen LogP contribution in [0.1, 0.15) is 33.1 Å². The number of rotatable bonds is 10. The Kier molecular flexibility index (Phi) is 10.2. The fourth-order valence-electron chi connectivity index (χ4n) is 1.84. The fraction of sp³-hybridized carbons (Fsp3) is 0.600. The maximum atomic E-state index is 6.08. The molecule has 3 atom stereocenters. The molecule has 0 rings (SSSR count). The average molecular weight is 277 g/mol. The fourth-order valence-corrected chi connectivity index (χ4v) is 1.84. The van der Waals surface area contributed by atoms with Gasteiger partial charge in [-0.2, -0.15) is 0 Å². The van der Waals surface area contributed by atoms with Crippen molar-refractivity contribution in [2.24, 2.45) is 17.2 Å². The lowest BCUT2D eigenvalue weighted by molar-refractivity contribution is 0.136. The van der Waals surface area contributed by atoms with E-state index in [2.05, 4.69) is 13.5 Å². The Morgan fingerprint density at radius 2 is 2.05 bits per heavy atom. The molecule has 0 aromatic carbocycles. The van der Waals surface area contributed by atoms with Crippen molar-refractivity contribution in [2.45, 2.75) is 51.2 Å². The van der Waals surface area contributed by atoms with E-state index in [9.17, 15) is 0 Å². The van der Waals surface area contributed by atoms with Crippen molar-refractivity contribution in [1.29, 1.82) is 0 Å². The second-order valence-electron chi connectivity index (χ2n) is 4.72. The van der Waals surface area contributed by atoms with Gasteiger partial charge in [0.1, 0.15) is 0 Å². The van der Waals surface area contributed by atoms with Crippen molar-refractivity contribution in [3.63, 3.8) is 0 Å². The van der Waals surface area contributed by atoms with Crippen LogP contribution in [-0.4, -0.2) is 26.7 Å². The normalized spacial score (nSPS) is 17.4. The molecule has 0 amide bonds. The second-order valence-corrected chi connectivity index (χ2v) is 4.72. The zero-order chi connectivity index (χ0) is 15.5. The van der Waals surface area contributed by atoms with Crippen LogP contribution < -0.4 is 17.2 Å². The molecular formula is C15H28BN3O. The average Bonchev–Trinajstić information content (AvgIpc) is 2.44. The van der Waals surface area contributed by atoms with E-state index in [1.165, 1.54) is 0 Å². The molecule has 2 unspecified atom stereocenters.